The van der Waals surface area contributed by atoms with Crippen LogP contribution in [0.3, 0.4) is 0 Å². The first-order valence-corrected chi connectivity index (χ1v) is 13.4. The number of amides is 2. The van der Waals surface area contributed by atoms with Crippen LogP contribution in [0, 0.1) is 0 Å². The summed E-state index contributed by atoms with van der Waals surface area (Å²) >= 11 is 0. The van der Waals surface area contributed by atoms with E-state index in [0.29, 0.717) is 11.4 Å². The van der Waals surface area contributed by atoms with Gasteiger partial charge in [-0.2, -0.15) is 26.3 Å². The molecule has 2 aromatic carbocycles. The minimum atomic E-state index is -4.82. The molecule has 4 unspecified atom stereocenters. The van der Waals surface area contributed by atoms with Crippen molar-refractivity contribution < 1.29 is 35.9 Å². The lowest BCUT2D eigenvalue weighted by molar-refractivity contribution is -0.186. The third-order valence-electron chi connectivity index (χ3n) is 8.68. The average molecular weight is 593 g/mol. The average Bonchev–Trinajstić information content (AvgIpc) is 3.33. The molecule has 7 rings (SSSR count). The van der Waals surface area contributed by atoms with E-state index in [1.165, 1.54) is 0 Å². The number of hydrogen-bond donors (Lipinski definition) is 2. The molecule has 0 radical (unpaired) electrons. The number of anilines is 2. The second-order valence-electron chi connectivity index (χ2n) is 11.3. The van der Waals surface area contributed by atoms with Crippen LogP contribution in [0.15, 0.2) is 36.7 Å². The maximum Gasteiger partial charge on any atom is 0.471 e. The minimum absolute atomic E-state index is 0.0496. The van der Waals surface area contributed by atoms with Gasteiger partial charge in [-0.1, -0.05) is 0 Å². The Kier molecular flexibility index (Phi) is 6.50. The maximum absolute atomic E-state index is 12.7. The Balaban J connectivity index is 0.000000151. The van der Waals surface area contributed by atoms with Crippen molar-refractivity contribution in [1.29, 1.82) is 0 Å². The van der Waals surface area contributed by atoms with Gasteiger partial charge in [-0.25, -0.2) is 0 Å². The fraction of sp³-hybridized carbons (Fsp3) is 0.429. The molecule has 2 aliphatic carbocycles. The Bertz CT molecular complexity index is 1500. The highest BCUT2D eigenvalue weighted by molar-refractivity contribution is 5.83. The molecule has 2 saturated heterocycles. The molecule has 4 aliphatic rings. The SMILES string of the molecule is Nc1cc2c(cc1N)C1CC2CN(C(=O)C(F)(F)F)C1.O=C(N1CC2CC(C1)c1cc3nccnc3cc12)C(F)(F)F. The third kappa shape index (κ3) is 4.86. The number of rotatable bonds is 0. The van der Waals surface area contributed by atoms with E-state index in [-0.39, 0.29) is 49.9 Å². The summed E-state index contributed by atoms with van der Waals surface area (Å²) in [5.74, 6) is -3.77. The van der Waals surface area contributed by atoms with E-state index in [1.54, 1.807) is 24.5 Å². The number of nitrogens with zero attached hydrogens (tertiary/aromatic N) is 4. The molecular weight excluding hydrogens is 566 g/mol. The quantitative estimate of drug-likeness (QED) is 0.295. The summed E-state index contributed by atoms with van der Waals surface area (Å²) in [4.78, 5) is 33.2. The number of halogens is 6. The normalized spacial score (nSPS) is 24.1. The van der Waals surface area contributed by atoms with Crippen molar-refractivity contribution in [2.75, 3.05) is 37.6 Å². The first-order chi connectivity index (χ1) is 19.7. The molecule has 3 aromatic rings. The topological polar surface area (TPSA) is 118 Å². The van der Waals surface area contributed by atoms with E-state index < -0.39 is 24.2 Å². The van der Waals surface area contributed by atoms with Crippen molar-refractivity contribution in [2.45, 2.75) is 48.9 Å². The molecule has 2 fully saturated rings. The van der Waals surface area contributed by atoms with E-state index in [4.69, 9.17) is 11.5 Å². The summed E-state index contributed by atoms with van der Waals surface area (Å²) in [6, 6.07) is 7.28. The van der Waals surface area contributed by atoms with Gasteiger partial charge in [0.2, 0.25) is 0 Å². The van der Waals surface area contributed by atoms with Gasteiger partial charge in [-0.05, 0) is 59.4 Å². The number of aromatic nitrogens is 2. The van der Waals surface area contributed by atoms with Crippen LogP contribution in [-0.2, 0) is 9.59 Å². The zero-order valence-electron chi connectivity index (χ0n) is 22.0. The number of likely N-dealkylation sites (tertiary alicyclic amines) is 2. The van der Waals surface area contributed by atoms with E-state index >= 15 is 0 Å². The lowest BCUT2D eigenvalue weighted by Crippen LogP contribution is -2.46. The standard InChI is InChI=1S/C15H12F3N3O.C13H14F3N3O/c16-15(17,18)14(22)21-6-8-3-9(7-21)11-5-13-12(4-10(8)11)19-1-2-20-13;14-13(15,16)12(20)19-4-6-1-7(5-19)9-3-11(18)10(17)2-8(6)9/h1-2,4-5,8-9H,3,6-7H2;2-3,6-7H,1,4-5,17-18H2. The number of nitrogen functional groups attached to an aromatic ring is 2. The fourth-order valence-corrected chi connectivity index (χ4v) is 6.92. The molecular formula is C28H26F6N6O2. The van der Waals surface area contributed by atoms with Crippen molar-refractivity contribution in [2.24, 2.45) is 0 Å². The summed E-state index contributed by atoms with van der Waals surface area (Å²) in [5, 5.41) is 0. The van der Waals surface area contributed by atoms with Crippen LogP contribution in [0.25, 0.3) is 11.0 Å². The van der Waals surface area contributed by atoms with Crippen LogP contribution in [0.2, 0.25) is 0 Å². The van der Waals surface area contributed by atoms with Crippen LogP contribution in [0.4, 0.5) is 37.7 Å². The van der Waals surface area contributed by atoms with Gasteiger partial charge in [0, 0.05) is 62.2 Å². The molecule has 4 N–H and O–H groups in total. The number of hydrogen-bond acceptors (Lipinski definition) is 6. The highest BCUT2D eigenvalue weighted by Crippen LogP contribution is 2.49. The molecule has 4 atom stereocenters. The van der Waals surface area contributed by atoms with Gasteiger partial charge in [0.05, 0.1) is 22.4 Å². The van der Waals surface area contributed by atoms with Crippen LogP contribution in [0.5, 0.6) is 0 Å². The van der Waals surface area contributed by atoms with Gasteiger partial charge < -0.3 is 21.3 Å². The minimum Gasteiger partial charge on any atom is -0.397 e. The van der Waals surface area contributed by atoms with Gasteiger partial charge in [0.1, 0.15) is 0 Å². The van der Waals surface area contributed by atoms with Gasteiger partial charge >= 0.3 is 24.2 Å². The Morgan fingerprint density at radius 3 is 1.24 bits per heavy atom. The van der Waals surface area contributed by atoms with E-state index in [2.05, 4.69) is 9.97 Å². The van der Waals surface area contributed by atoms with Crippen molar-refractivity contribution in [1.82, 2.24) is 19.8 Å². The smallest absolute Gasteiger partial charge is 0.397 e. The third-order valence-corrected chi connectivity index (χ3v) is 8.68. The zero-order chi connectivity index (χ0) is 30.1. The lowest BCUT2D eigenvalue weighted by Gasteiger charge is -2.32. The van der Waals surface area contributed by atoms with Gasteiger partial charge in [0.25, 0.3) is 0 Å². The Labute approximate surface area is 235 Å². The van der Waals surface area contributed by atoms with Gasteiger partial charge in [0.15, 0.2) is 0 Å². The van der Waals surface area contributed by atoms with Gasteiger partial charge in [-0.15, -0.1) is 0 Å². The number of benzene rings is 2. The van der Waals surface area contributed by atoms with Crippen molar-refractivity contribution in [3.8, 4) is 0 Å². The summed E-state index contributed by atoms with van der Waals surface area (Å²) < 4.78 is 75.6. The first-order valence-electron chi connectivity index (χ1n) is 13.4. The predicted molar refractivity (Wildman–Crippen MR) is 140 cm³/mol. The van der Waals surface area contributed by atoms with E-state index in [0.717, 1.165) is 55.9 Å². The van der Waals surface area contributed by atoms with Crippen molar-refractivity contribution in [3.63, 3.8) is 0 Å². The second-order valence-corrected chi connectivity index (χ2v) is 11.3. The molecule has 42 heavy (non-hydrogen) atoms. The molecule has 14 heteroatoms. The highest BCUT2D eigenvalue weighted by atomic mass is 19.4. The molecule has 0 spiro atoms. The molecule has 4 bridgehead atoms. The molecule has 222 valence electrons. The maximum atomic E-state index is 12.7. The fourth-order valence-electron chi connectivity index (χ4n) is 6.92. The summed E-state index contributed by atoms with van der Waals surface area (Å²) in [5.41, 5.74) is 17.7. The summed E-state index contributed by atoms with van der Waals surface area (Å²) in [6.07, 6.45) is -4.91. The number of carbonyl (C=O) groups is 2. The zero-order valence-corrected chi connectivity index (χ0v) is 22.0. The number of fused-ring (bicyclic) bond motifs is 11. The number of carbonyl (C=O) groups excluding carboxylic acids is 2. The van der Waals surface area contributed by atoms with Crippen molar-refractivity contribution >= 4 is 34.2 Å². The monoisotopic (exact) mass is 592 g/mol. The second kappa shape index (κ2) is 9.73. The molecule has 1 aromatic heterocycles. The van der Waals surface area contributed by atoms with Crippen molar-refractivity contribution in [3.05, 3.63) is 58.9 Å². The van der Waals surface area contributed by atoms with Gasteiger partial charge in [-0.3, -0.25) is 19.6 Å². The number of piperidine rings is 2. The van der Waals surface area contributed by atoms with E-state index in [1.807, 2.05) is 12.1 Å². The van der Waals surface area contributed by atoms with Crippen LogP contribution in [-0.4, -0.2) is 70.1 Å². The number of nitrogens with two attached hydrogens (primary N) is 2. The van der Waals surface area contributed by atoms with Crippen LogP contribution < -0.4 is 11.5 Å². The Morgan fingerprint density at radius 2 is 0.929 bits per heavy atom. The van der Waals surface area contributed by atoms with E-state index in [9.17, 15) is 35.9 Å². The molecule has 3 heterocycles. The summed E-state index contributed by atoms with van der Waals surface area (Å²) in [7, 11) is 0. The predicted octanol–water partition coefficient (Wildman–Crippen LogP) is 4.43. The summed E-state index contributed by atoms with van der Waals surface area (Å²) in [6.45, 7) is 0.414. The van der Waals surface area contributed by atoms with Crippen LogP contribution >= 0.6 is 0 Å². The molecule has 2 amide bonds. The molecule has 0 saturated carbocycles. The van der Waals surface area contributed by atoms with Crippen LogP contribution in [0.1, 0.15) is 58.8 Å². The largest absolute Gasteiger partial charge is 0.471 e. The Morgan fingerprint density at radius 1 is 0.619 bits per heavy atom. The number of alkyl halides is 6. The highest BCUT2D eigenvalue weighted by Gasteiger charge is 2.49. The molecule has 8 nitrogen and oxygen atoms in total. The first kappa shape index (κ1) is 28.0. The molecule has 2 aliphatic heterocycles. The Hall–Kier alpha value is -4.10. The lowest BCUT2D eigenvalue weighted by atomic mass is 9.95.